The maximum Gasteiger partial charge on any atom is 0.417 e. The van der Waals surface area contributed by atoms with Crippen molar-refractivity contribution in [2.75, 3.05) is 13.2 Å². The fraction of sp³-hybridized carbons (Fsp3) is 0.560. The summed E-state index contributed by atoms with van der Waals surface area (Å²) in [5, 5.41) is 3.21. The van der Waals surface area contributed by atoms with E-state index >= 15 is 0 Å². The Bertz CT molecular complexity index is 967. The molecule has 0 radical (unpaired) electrons. The van der Waals surface area contributed by atoms with Gasteiger partial charge in [0, 0.05) is 31.0 Å². The highest BCUT2D eigenvalue weighted by Gasteiger charge is 2.47. The molecule has 2 heterocycles. The number of ether oxygens (including phenoxy) is 1. The number of nitrogens with one attached hydrogen (secondary N) is 1. The van der Waals surface area contributed by atoms with Crippen LogP contribution >= 0.6 is 0 Å². The Morgan fingerprint density at radius 3 is 2.21 bits per heavy atom. The van der Waals surface area contributed by atoms with E-state index in [0.29, 0.717) is 31.6 Å². The molecule has 0 amide bonds. The molecular formula is C25H28F6N2O. The highest BCUT2D eigenvalue weighted by molar-refractivity contribution is 5.32. The molecule has 1 aromatic carbocycles. The molecule has 1 saturated carbocycles. The minimum Gasteiger partial charge on any atom is -0.375 e. The average molecular weight is 487 g/mol. The maximum atomic E-state index is 13.1. The number of nitrogens with zero attached hydrogens (tertiary/aromatic N) is 1. The van der Waals surface area contributed by atoms with Crippen LogP contribution in [0.4, 0.5) is 26.3 Å². The fourth-order valence-electron chi connectivity index (χ4n) is 5.48. The first kappa shape index (κ1) is 25.0. The molecule has 1 atom stereocenters. The van der Waals surface area contributed by atoms with Crippen LogP contribution in [0.3, 0.4) is 0 Å². The SMILES string of the molecule is FC(F)(F)c1ccc([C@@]2(CCNCc3cncc(C(F)(F)F)c3)CCOC3(CCCC3)C2)cc1. The highest BCUT2D eigenvalue weighted by Crippen LogP contribution is 2.50. The molecule has 1 aromatic heterocycles. The van der Waals surface area contributed by atoms with Crippen molar-refractivity contribution in [3.8, 4) is 0 Å². The van der Waals surface area contributed by atoms with Gasteiger partial charge < -0.3 is 10.1 Å². The van der Waals surface area contributed by atoms with Gasteiger partial charge in [0.1, 0.15) is 0 Å². The molecule has 186 valence electrons. The predicted molar refractivity (Wildman–Crippen MR) is 115 cm³/mol. The number of pyridine rings is 1. The van der Waals surface area contributed by atoms with Crippen LogP contribution in [0.15, 0.2) is 42.7 Å². The zero-order valence-corrected chi connectivity index (χ0v) is 18.7. The van der Waals surface area contributed by atoms with Gasteiger partial charge in [-0.15, -0.1) is 0 Å². The van der Waals surface area contributed by atoms with E-state index in [9.17, 15) is 26.3 Å². The van der Waals surface area contributed by atoms with Gasteiger partial charge in [-0.05, 0) is 68.0 Å². The number of halogens is 6. The molecule has 1 aliphatic carbocycles. The first-order valence-electron chi connectivity index (χ1n) is 11.6. The van der Waals surface area contributed by atoms with E-state index in [1.54, 1.807) is 12.1 Å². The van der Waals surface area contributed by atoms with E-state index in [4.69, 9.17) is 4.74 Å². The molecular weight excluding hydrogens is 458 g/mol. The molecule has 1 N–H and O–H groups in total. The van der Waals surface area contributed by atoms with Gasteiger partial charge in [-0.2, -0.15) is 26.3 Å². The molecule has 1 saturated heterocycles. The van der Waals surface area contributed by atoms with Crippen molar-refractivity contribution in [2.24, 2.45) is 0 Å². The third kappa shape index (κ3) is 5.57. The van der Waals surface area contributed by atoms with Crippen molar-refractivity contribution in [3.63, 3.8) is 0 Å². The Kier molecular flexibility index (Phi) is 6.97. The van der Waals surface area contributed by atoms with Crippen molar-refractivity contribution < 1.29 is 31.1 Å². The molecule has 4 rings (SSSR count). The van der Waals surface area contributed by atoms with Crippen molar-refractivity contribution in [1.29, 1.82) is 0 Å². The van der Waals surface area contributed by atoms with Gasteiger partial charge in [0.2, 0.25) is 0 Å². The van der Waals surface area contributed by atoms with Crippen LogP contribution in [-0.2, 0) is 29.0 Å². The molecule has 0 bridgehead atoms. The molecule has 3 nitrogen and oxygen atoms in total. The lowest BCUT2D eigenvalue weighted by Crippen LogP contribution is -2.47. The summed E-state index contributed by atoms with van der Waals surface area (Å²) in [7, 11) is 0. The number of hydrogen-bond donors (Lipinski definition) is 1. The second-order valence-electron chi connectivity index (χ2n) is 9.53. The first-order chi connectivity index (χ1) is 16.0. The minimum absolute atomic E-state index is 0.224. The molecule has 2 aromatic rings. The van der Waals surface area contributed by atoms with E-state index < -0.39 is 23.5 Å². The zero-order chi connectivity index (χ0) is 24.5. The summed E-state index contributed by atoms with van der Waals surface area (Å²) in [6, 6.07) is 6.50. The van der Waals surface area contributed by atoms with Crippen LogP contribution in [0.1, 0.15) is 67.2 Å². The summed E-state index contributed by atoms with van der Waals surface area (Å²) in [5.74, 6) is 0. The minimum atomic E-state index is -4.45. The Morgan fingerprint density at radius 1 is 0.882 bits per heavy atom. The summed E-state index contributed by atoms with van der Waals surface area (Å²) >= 11 is 0. The standard InChI is InChI=1S/C25H28F6N2O/c26-24(27,28)20-5-3-19(4-6-20)22(10-12-34-23(17-22)7-1-2-8-23)9-11-32-14-18-13-21(16-33-15-18)25(29,30)31/h3-6,13,15-16,32H,1-2,7-12,14,17H2/t22-/m0/s1. The van der Waals surface area contributed by atoms with Crippen molar-refractivity contribution in [2.45, 2.75) is 74.9 Å². The molecule has 1 spiro atoms. The van der Waals surface area contributed by atoms with Gasteiger partial charge in [-0.3, -0.25) is 4.98 Å². The monoisotopic (exact) mass is 486 g/mol. The lowest BCUT2D eigenvalue weighted by atomic mass is 9.66. The van der Waals surface area contributed by atoms with E-state index in [1.165, 1.54) is 6.20 Å². The zero-order valence-electron chi connectivity index (χ0n) is 18.7. The van der Waals surface area contributed by atoms with Crippen molar-refractivity contribution in [1.82, 2.24) is 10.3 Å². The molecule has 2 aliphatic rings. The molecule has 1 aliphatic heterocycles. The number of aromatic nitrogens is 1. The second-order valence-corrected chi connectivity index (χ2v) is 9.53. The van der Waals surface area contributed by atoms with E-state index in [2.05, 4.69) is 10.3 Å². The Labute approximate surface area is 194 Å². The van der Waals surface area contributed by atoms with Crippen LogP contribution in [-0.4, -0.2) is 23.7 Å². The van der Waals surface area contributed by atoms with Crippen LogP contribution in [0.25, 0.3) is 0 Å². The normalized spacial score (nSPS) is 22.9. The van der Waals surface area contributed by atoms with E-state index in [-0.39, 0.29) is 17.6 Å². The molecule has 0 unspecified atom stereocenters. The lowest BCUT2D eigenvalue weighted by molar-refractivity contribution is -0.138. The third-order valence-electron chi connectivity index (χ3n) is 7.22. The number of benzene rings is 1. The average Bonchev–Trinajstić information content (AvgIpc) is 3.23. The fourth-order valence-corrected chi connectivity index (χ4v) is 5.48. The largest absolute Gasteiger partial charge is 0.417 e. The van der Waals surface area contributed by atoms with Gasteiger partial charge in [0.25, 0.3) is 0 Å². The summed E-state index contributed by atoms with van der Waals surface area (Å²) in [5.41, 5.74) is -0.780. The van der Waals surface area contributed by atoms with Gasteiger partial charge in [-0.1, -0.05) is 25.0 Å². The number of hydrogen-bond acceptors (Lipinski definition) is 3. The second kappa shape index (κ2) is 9.49. The number of alkyl halides is 6. The van der Waals surface area contributed by atoms with Gasteiger partial charge in [0.05, 0.1) is 16.7 Å². The smallest absolute Gasteiger partial charge is 0.375 e. The first-order valence-corrected chi connectivity index (χ1v) is 11.6. The summed E-state index contributed by atoms with van der Waals surface area (Å²) in [6.07, 6.45) is -0.546. The topological polar surface area (TPSA) is 34.2 Å². The number of rotatable bonds is 6. The summed E-state index contributed by atoms with van der Waals surface area (Å²) in [6.45, 7) is 1.27. The molecule has 34 heavy (non-hydrogen) atoms. The van der Waals surface area contributed by atoms with Crippen molar-refractivity contribution in [3.05, 3.63) is 65.0 Å². The van der Waals surface area contributed by atoms with Crippen LogP contribution in [0, 0.1) is 0 Å². The molecule has 2 fully saturated rings. The van der Waals surface area contributed by atoms with Crippen LogP contribution in [0.5, 0.6) is 0 Å². The summed E-state index contributed by atoms with van der Waals surface area (Å²) < 4.78 is 84.3. The Balaban J connectivity index is 1.49. The van der Waals surface area contributed by atoms with Crippen LogP contribution < -0.4 is 5.32 Å². The third-order valence-corrected chi connectivity index (χ3v) is 7.22. The Morgan fingerprint density at radius 2 is 1.56 bits per heavy atom. The van der Waals surface area contributed by atoms with E-state index in [0.717, 1.165) is 62.1 Å². The lowest BCUT2D eigenvalue weighted by Gasteiger charge is -2.47. The maximum absolute atomic E-state index is 13.1. The summed E-state index contributed by atoms with van der Waals surface area (Å²) in [4.78, 5) is 3.69. The predicted octanol–water partition coefficient (Wildman–Crippen LogP) is 6.66. The van der Waals surface area contributed by atoms with Crippen LogP contribution in [0.2, 0.25) is 0 Å². The highest BCUT2D eigenvalue weighted by atomic mass is 19.4. The van der Waals surface area contributed by atoms with E-state index in [1.807, 2.05) is 0 Å². The van der Waals surface area contributed by atoms with Gasteiger partial charge in [0.15, 0.2) is 0 Å². The van der Waals surface area contributed by atoms with Gasteiger partial charge >= 0.3 is 12.4 Å². The Hall–Kier alpha value is -2.13. The molecule has 9 heteroatoms. The quantitative estimate of drug-likeness (QED) is 0.366. The van der Waals surface area contributed by atoms with Crippen molar-refractivity contribution >= 4 is 0 Å². The van der Waals surface area contributed by atoms with Gasteiger partial charge in [-0.25, -0.2) is 0 Å².